The van der Waals surface area contributed by atoms with Gasteiger partial charge in [0.25, 0.3) is 0 Å². The first-order chi connectivity index (χ1) is 27.0. The highest BCUT2D eigenvalue weighted by Gasteiger charge is 2.62. The Kier molecular flexibility index (Phi) is 6.58. The van der Waals surface area contributed by atoms with Crippen molar-refractivity contribution in [1.29, 1.82) is 0 Å². The summed E-state index contributed by atoms with van der Waals surface area (Å²) in [6, 6.07) is 51.4. The standard InChI is InChI=1S/C52H43N3/c1-51(2)44-17-8-6-13-39(44)41-24-23-36(30-46(41)51)33-19-21-35(22-20-33)49-53-48(34-11-4-3-5-12-34)54-50(55-49)43-16-10-15-42-40-14-7-9-18-45(40)52(47(42)43)37-26-31-25-32(28-37)29-38(52)27-31/h3-24,30-32,37-38H,25-29H2,1-2H3. The van der Waals surface area contributed by atoms with Crippen LogP contribution in [-0.2, 0) is 10.8 Å². The monoisotopic (exact) mass is 709 g/mol. The molecule has 0 amide bonds. The van der Waals surface area contributed by atoms with Crippen molar-refractivity contribution in [3.63, 3.8) is 0 Å². The van der Waals surface area contributed by atoms with Gasteiger partial charge in [-0.2, -0.15) is 0 Å². The van der Waals surface area contributed by atoms with E-state index in [1.807, 2.05) is 0 Å². The topological polar surface area (TPSA) is 38.7 Å². The molecule has 0 radical (unpaired) electrons. The Balaban J connectivity index is 0.994. The second kappa shape index (κ2) is 11.4. The molecule has 4 fully saturated rings. The molecular weight excluding hydrogens is 667 g/mol. The van der Waals surface area contributed by atoms with Crippen LogP contribution < -0.4 is 0 Å². The molecule has 0 N–H and O–H groups in total. The minimum absolute atomic E-state index is 0.0170. The molecule has 55 heavy (non-hydrogen) atoms. The minimum atomic E-state index is -0.0365. The van der Waals surface area contributed by atoms with E-state index in [1.54, 1.807) is 5.56 Å². The van der Waals surface area contributed by atoms with Crippen LogP contribution >= 0.6 is 0 Å². The zero-order valence-electron chi connectivity index (χ0n) is 31.5. The Morgan fingerprint density at radius 3 is 1.62 bits per heavy atom. The van der Waals surface area contributed by atoms with Crippen LogP contribution in [0.2, 0.25) is 0 Å². The first kappa shape index (κ1) is 31.7. The highest BCUT2D eigenvalue weighted by molar-refractivity contribution is 5.89. The summed E-state index contributed by atoms with van der Waals surface area (Å²) < 4.78 is 0. The van der Waals surface area contributed by atoms with E-state index in [4.69, 9.17) is 15.0 Å². The SMILES string of the molecule is CC1(C)c2ccccc2-c2ccc(-c3ccc(-c4nc(-c5ccccc5)nc(-c5cccc6c5C5(c7ccccc7-6)C6CC7CC(C6)CC5C7)n4)cc3)cc21. The minimum Gasteiger partial charge on any atom is -0.208 e. The van der Waals surface area contributed by atoms with E-state index >= 15 is 0 Å². The van der Waals surface area contributed by atoms with Crippen LogP contribution in [0.3, 0.4) is 0 Å². The van der Waals surface area contributed by atoms with E-state index in [9.17, 15) is 0 Å². The summed E-state index contributed by atoms with van der Waals surface area (Å²) in [5, 5.41) is 0. The molecule has 1 spiro atoms. The number of hydrogen-bond donors (Lipinski definition) is 0. The number of fused-ring (bicyclic) bond motifs is 6. The first-order valence-corrected chi connectivity index (χ1v) is 20.4. The molecule has 0 saturated heterocycles. The van der Waals surface area contributed by atoms with Gasteiger partial charge in [0, 0.05) is 27.5 Å². The summed E-state index contributed by atoms with van der Waals surface area (Å²) in [4.78, 5) is 15.9. The van der Waals surface area contributed by atoms with Gasteiger partial charge < -0.3 is 0 Å². The fraction of sp³-hybridized carbons (Fsp3) is 0.250. The Hall–Kier alpha value is -5.67. The maximum absolute atomic E-state index is 5.40. The van der Waals surface area contributed by atoms with E-state index in [-0.39, 0.29) is 10.8 Å². The molecule has 7 aromatic rings. The second-order valence-electron chi connectivity index (χ2n) is 17.6. The highest BCUT2D eigenvalue weighted by Crippen LogP contribution is 2.70. The van der Waals surface area contributed by atoms with Crippen molar-refractivity contribution in [2.75, 3.05) is 0 Å². The van der Waals surface area contributed by atoms with E-state index in [2.05, 4.69) is 153 Å². The quantitative estimate of drug-likeness (QED) is 0.183. The zero-order valence-corrected chi connectivity index (χ0v) is 31.5. The lowest BCUT2D eigenvalue weighted by molar-refractivity contribution is -0.0397. The Labute approximate surface area is 323 Å². The fourth-order valence-corrected chi connectivity index (χ4v) is 12.4. The van der Waals surface area contributed by atoms with Crippen LogP contribution in [0, 0.1) is 23.7 Å². The van der Waals surface area contributed by atoms with Gasteiger partial charge >= 0.3 is 0 Å². The lowest BCUT2D eigenvalue weighted by Gasteiger charge is -2.61. The molecule has 3 heteroatoms. The average molecular weight is 710 g/mol. The van der Waals surface area contributed by atoms with Gasteiger partial charge in [0.2, 0.25) is 0 Å². The number of nitrogens with zero attached hydrogens (tertiary/aromatic N) is 3. The summed E-state index contributed by atoms with van der Waals surface area (Å²) in [6.07, 6.45) is 6.80. The van der Waals surface area contributed by atoms with Gasteiger partial charge in [0.1, 0.15) is 0 Å². The normalized spacial score (nSPS) is 24.4. The Bertz CT molecular complexity index is 2660. The highest BCUT2D eigenvalue weighted by atomic mass is 15.0. The predicted molar refractivity (Wildman–Crippen MR) is 222 cm³/mol. The van der Waals surface area contributed by atoms with E-state index < -0.39 is 0 Å². The lowest BCUT2D eigenvalue weighted by atomic mass is 9.43. The first-order valence-electron chi connectivity index (χ1n) is 20.4. The van der Waals surface area contributed by atoms with Crippen LogP contribution in [-0.4, -0.2) is 15.0 Å². The van der Waals surface area contributed by atoms with Crippen molar-refractivity contribution in [2.24, 2.45) is 23.7 Å². The van der Waals surface area contributed by atoms with Gasteiger partial charge in [0.05, 0.1) is 0 Å². The van der Waals surface area contributed by atoms with Crippen molar-refractivity contribution in [3.8, 4) is 67.5 Å². The van der Waals surface area contributed by atoms with E-state index in [1.165, 1.54) is 87.7 Å². The Morgan fingerprint density at radius 2 is 0.909 bits per heavy atom. The maximum atomic E-state index is 5.40. The second-order valence-corrected chi connectivity index (χ2v) is 17.6. The molecule has 0 aliphatic heterocycles. The number of rotatable bonds is 4. The number of hydrogen-bond acceptors (Lipinski definition) is 3. The van der Waals surface area contributed by atoms with Crippen LogP contribution in [0.4, 0.5) is 0 Å². The van der Waals surface area contributed by atoms with Gasteiger partial charge in [-0.15, -0.1) is 0 Å². The fourth-order valence-electron chi connectivity index (χ4n) is 12.4. The molecule has 13 rings (SSSR count). The summed E-state index contributed by atoms with van der Waals surface area (Å²) in [5.41, 5.74) is 16.9. The molecule has 1 aromatic heterocycles. The third kappa shape index (κ3) is 4.41. The molecule has 6 aliphatic rings. The third-order valence-electron chi connectivity index (χ3n) is 14.5. The molecular formula is C52H43N3. The van der Waals surface area contributed by atoms with Crippen LogP contribution in [0.25, 0.3) is 67.5 Å². The van der Waals surface area contributed by atoms with Crippen molar-refractivity contribution in [3.05, 3.63) is 162 Å². The van der Waals surface area contributed by atoms with Crippen molar-refractivity contribution < 1.29 is 0 Å². The van der Waals surface area contributed by atoms with Crippen LogP contribution in [0.1, 0.15) is 68.2 Å². The molecule has 6 aromatic carbocycles. The summed E-state index contributed by atoms with van der Waals surface area (Å²) in [6.45, 7) is 4.69. The van der Waals surface area contributed by atoms with Crippen molar-refractivity contribution in [2.45, 2.75) is 56.8 Å². The molecule has 3 nitrogen and oxygen atoms in total. The summed E-state index contributed by atoms with van der Waals surface area (Å²) in [7, 11) is 0. The molecule has 0 unspecified atom stereocenters. The predicted octanol–water partition coefficient (Wildman–Crippen LogP) is 12.6. The van der Waals surface area contributed by atoms with Gasteiger partial charge in [-0.1, -0.05) is 147 Å². The van der Waals surface area contributed by atoms with E-state index in [0.717, 1.165) is 34.6 Å². The molecule has 4 saturated carbocycles. The average Bonchev–Trinajstić information content (AvgIpc) is 3.65. The molecule has 0 atom stereocenters. The van der Waals surface area contributed by atoms with Crippen molar-refractivity contribution in [1.82, 2.24) is 15.0 Å². The number of benzene rings is 6. The Morgan fingerprint density at radius 1 is 0.400 bits per heavy atom. The smallest absolute Gasteiger partial charge is 0.164 e. The van der Waals surface area contributed by atoms with E-state index in [0.29, 0.717) is 17.7 Å². The van der Waals surface area contributed by atoms with Gasteiger partial charge in [-0.05, 0) is 117 Å². The molecule has 1 heterocycles. The van der Waals surface area contributed by atoms with Gasteiger partial charge in [-0.25, -0.2) is 15.0 Å². The lowest BCUT2D eigenvalue weighted by Crippen LogP contribution is -2.55. The zero-order chi connectivity index (χ0) is 36.5. The van der Waals surface area contributed by atoms with Crippen LogP contribution in [0.15, 0.2) is 140 Å². The third-order valence-corrected chi connectivity index (χ3v) is 14.5. The molecule has 6 aliphatic carbocycles. The van der Waals surface area contributed by atoms with Gasteiger partial charge in [0.15, 0.2) is 17.5 Å². The van der Waals surface area contributed by atoms with Crippen LogP contribution in [0.5, 0.6) is 0 Å². The van der Waals surface area contributed by atoms with Crippen molar-refractivity contribution >= 4 is 0 Å². The molecule has 4 bridgehead atoms. The molecule has 266 valence electrons. The summed E-state index contributed by atoms with van der Waals surface area (Å²) in [5.74, 6) is 5.30. The van der Waals surface area contributed by atoms with Gasteiger partial charge in [-0.3, -0.25) is 0 Å². The summed E-state index contributed by atoms with van der Waals surface area (Å²) >= 11 is 0. The maximum Gasteiger partial charge on any atom is 0.164 e. The largest absolute Gasteiger partial charge is 0.208 e. The number of aromatic nitrogens is 3.